The standard InChI is InChI=1S/C18H24N2O2/c1-3-6-16-7-9-17(10-8-16)22-14-11-19-18(21)15(2)20-12-4-5-13-20/h4-5,7-10,12-13,15H,3,6,11,14H2,1-2H3,(H,19,21). The van der Waals surface area contributed by atoms with Gasteiger partial charge in [0.15, 0.2) is 0 Å². The van der Waals surface area contributed by atoms with E-state index in [1.54, 1.807) is 0 Å². The molecule has 1 aromatic heterocycles. The van der Waals surface area contributed by atoms with E-state index in [0.717, 1.165) is 18.6 Å². The van der Waals surface area contributed by atoms with E-state index >= 15 is 0 Å². The molecule has 1 N–H and O–H groups in total. The van der Waals surface area contributed by atoms with Gasteiger partial charge in [0.1, 0.15) is 18.4 Å². The normalized spacial score (nSPS) is 11.9. The molecular formula is C18H24N2O2. The van der Waals surface area contributed by atoms with E-state index in [0.29, 0.717) is 13.2 Å². The zero-order valence-electron chi connectivity index (χ0n) is 13.3. The molecule has 2 aromatic rings. The van der Waals surface area contributed by atoms with Gasteiger partial charge in [-0.15, -0.1) is 0 Å². The van der Waals surface area contributed by atoms with E-state index in [-0.39, 0.29) is 11.9 Å². The summed E-state index contributed by atoms with van der Waals surface area (Å²) in [5.41, 5.74) is 1.32. The Morgan fingerprint density at radius 1 is 1.23 bits per heavy atom. The number of carbonyl (C=O) groups is 1. The molecule has 2 rings (SSSR count). The van der Waals surface area contributed by atoms with Crippen molar-refractivity contribution in [3.8, 4) is 5.75 Å². The SMILES string of the molecule is CCCc1ccc(OCCNC(=O)C(C)n2cccc2)cc1. The number of benzene rings is 1. The third-order valence-electron chi connectivity index (χ3n) is 3.59. The van der Waals surface area contributed by atoms with Gasteiger partial charge in [-0.25, -0.2) is 0 Å². The molecule has 1 atom stereocenters. The van der Waals surface area contributed by atoms with E-state index in [4.69, 9.17) is 4.74 Å². The van der Waals surface area contributed by atoms with Gasteiger partial charge in [-0.1, -0.05) is 25.5 Å². The molecule has 0 aliphatic rings. The third kappa shape index (κ3) is 4.65. The van der Waals surface area contributed by atoms with Crippen LogP contribution in [0.2, 0.25) is 0 Å². The van der Waals surface area contributed by atoms with Gasteiger partial charge in [0.2, 0.25) is 5.91 Å². The summed E-state index contributed by atoms with van der Waals surface area (Å²) >= 11 is 0. The number of nitrogens with zero attached hydrogens (tertiary/aromatic N) is 1. The Hall–Kier alpha value is -2.23. The van der Waals surface area contributed by atoms with E-state index in [1.807, 2.05) is 48.1 Å². The third-order valence-corrected chi connectivity index (χ3v) is 3.59. The number of hydrogen-bond acceptors (Lipinski definition) is 2. The number of carbonyl (C=O) groups excluding carboxylic acids is 1. The number of amides is 1. The lowest BCUT2D eigenvalue weighted by molar-refractivity contribution is -0.123. The van der Waals surface area contributed by atoms with E-state index < -0.39 is 0 Å². The van der Waals surface area contributed by atoms with Crippen molar-refractivity contribution in [1.82, 2.24) is 9.88 Å². The largest absolute Gasteiger partial charge is 0.492 e. The fourth-order valence-corrected chi connectivity index (χ4v) is 2.27. The predicted molar refractivity (Wildman–Crippen MR) is 88.1 cm³/mol. The Bertz CT molecular complexity index is 561. The molecule has 0 saturated heterocycles. The fraction of sp³-hybridized carbons (Fsp3) is 0.389. The van der Waals surface area contributed by atoms with Crippen LogP contribution >= 0.6 is 0 Å². The van der Waals surface area contributed by atoms with Crippen molar-refractivity contribution < 1.29 is 9.53 Å². The highest BCUT2D eigenvalue weighted by atomic mass is 16.5. The molecule has 4 heteroatoms. The maximum atomic E-state index is 12.0. The molecule has 0 saturated carbocycles. The van der Waals surface area contributed by atoms with E-state index in [1.165, 1.54) is 5.56 Å². The molecule has 22 heavy (non-hydrogen) atoms. The van der Waals surface area contributed by atoms with E-state index in [9.17, 15) is 4.79 Å². The van der Waals surface area contributed by atoms with Gasteiger partial charge in [0.25, 0.3) is 0 Å². The first-order chi connectivity index (χ1) is 10.7. The van der Waals surface area contributed by atoms with Crippen molar-refractivity contribution in [1.29, 1.82) is 0 Å². The summed E-state index contributed by atoms with van der Waals surface area (Å²) in [5.74, 6) is 0.839. The molecule has 0 fully saturated rings. The van der Waals surface area contributed by atoms with Crippen molar-refractivity contribution in [2.24, 2.45) is 0 Å². The highest BCUT2D eigenvalue weighted by Crippen LogP contribution is 2.13. The number of rotatable bonds is 8. The molecule has 0 aliphatic carbocycles. The van der Waals surface area contributed by atoms with Gasteiger partial charge in [0.05, 0.1) is 6.54 Å². The van der Waals surface area contributed by atoms with E-state index in [2.05, 4.69) is 24.4 Å². The molecule has 1 aromatic carbocycles. The minimum atomic E-state index is -0.205. The molecule has 1 amide bonds. The van der Waals surface area contributed by atoms with Gasteiger partial charge in [0, 0.05) is 12.4 Å². The summed E-state index contributed by atoms with van der Waals surface area (Å²) in [4.78, 5) is 12.0. The van der Waals surface area contributed by atoms with Crippen LogP contribution in [0.15, 0.2) is 48.8 Å². The van der Waals surface area contributed by atoms with Gasteiger partial charge < -0.3 is 14.6 Å². The Labute approximate surface area is 132 Å². The summed E-state index contributed by atoms with van der Waals surface area (Å²) in [6, 6.07) is 11.8. The smallest absolute Gasteiger partial charge is 0.242 e. The number of aryl methyl sites for hydroxylation is 1. The van der Waals surface area contributed by atoms with Crippen molar-refractivity contribution >= 4 is 5.91 Å². The molecule has 4 nitrogen and oxygen atoms in total. The van der Waals surface area contributed by atoms with Crippen LogP contribution in [0.5, 0.6) is 5.75 Å². The van der Waals surface area contributed by atoms with Crippen LogP contribution in [0.4, 0.5) is 0 Å². The van der Waals surface area contributed by atoms with Crippen molar-refractivity contribution in [3.63, 3.8) is 0 Å². The molecule has 0 bridgehead atoms. The molecular weight excluding hydrogens is 276 g/mol. The molecule has 1 heterocycles. The van der Waals surface area contributed by atoms with Crippen LogP contribution in [-0.4, -0.2) is 23.6 Å². The van der Waals surface area contributed by atoms with Crippen molar-refractivity contribution in [3.05, 3.63) is 54.4 Å². The van der Waals surface area contributed by atoms with Crippen LogP contribution in [0.3, 0.4) is 0 Å². The first kappa shape index (κ1) is 16.1. The Morgan fingerprint density at radius 2 is 1.91 bits per heavy atom. The van der Waals surface area contributed by atoms with Crippen LogP contribution in [-0.2, 0) is 11.2 Å². The van der Waals surface area contributed by atoms with Crippen LogP contribution in [0, 0.1) is 0 Å². The zero-order valence-corrected chi connectivity index (χ0v) is 13.3. The number of aromatic nitrogens is 1. The second kappa shape index (κ2) is 8.27. The van der Waals surface area contributed by atoms with Crippen LogP contribution < -0.4 is 10.1 Å². The number of hydrogen-bond donors (Lipinski definition) is 1. The van der Waals surface area contributed by atoms with Crippen LogP contribution in [0.25, 0.3) is 0 Å². The molecule has 0 aliphatic heterocycles. The van der Waals surface area contributed by atoms with Gasteiger partial charge >= 0.3 is 0 Å². The highest BCUT2D eigenvalue weighted by molar-refractivity contribution is 5.79. The monoisotopic (exact) mass is 300 g/mol. The summed E-state index contributed by atoms with van der Waals surface area (Å²) in [6.07, 6.45) is 6.01. The maximum Gasteiger partial charge on any atom is 0.242 e. The summed E-state index contributed by atoms with van der Waals surface area (Å²) < 4.78 is 7.52. The highest BCUT2D eigenvalue weighted by Gasteiger charge is 2.12. The molecule has 0 radical (unpaired) electrons. The minimum Gasteiger partial charge on any atom is -0.492 e. The first-order valence-electron chi connectivity index (χ1n) is 7.82. The van der Waals surface area contributed by atoms with Crippen molar-refractivity contribution in [2.75, 3.05) is 13.2 Å². The number of nitrogens with one attached hydrogen (secondary N) is 1. The lowest BCUT2D eigenvalue weighted by atomic mass is 10.1. The van der Waals surface area contributed by atoms with Gasteiger partial charge in [-0.05, 0) is 43.2 Å². The Morgan fingerprint density at radius 3 is 2.55 bits per heavy atom. The summed E-state index contributed by atoms with van der Waals surface area (Å²) in [5, 5.41) is 2.89. The topological polar surface area (TPSA) is 43.3 Å². The fourth-order valence-electron chi connectivity index (χ4n) is 2.27. The average molecular weight is 300 g/mol. The average Bonchev–Trinajstić information content (AvgIpc) is 3.07. The lowest BCUT2D eigenvalue weighted by Gasteiger charge is -2.14. The lowest BCUT2D eigenvalue weighted by Crippen LogP contribution is -2.33. The van der Waals surface area contributed by atoms with Gasteiger partial charge in [-0.3, -0.25) is 4.79 Å². The van der Waals surface area contributed by atoms with Crippen LogP contribution in [0.1, 0.15) is 31.9 Å². The van der Waals surface area contributed by atoms with Crippen molar-refractivity contribution in [2.45, 2.75) is 32.7 Å². The summed E-state index contributed by atoms with van der Waals surface area (Å²) in [7, 11) is 0. The second-order valence-electron chi connectivity index (χ2n) is 5.34. The van der Waals surface area contributed by atoms with Gasteiger partial charge in [-0.2, -0.15) is 0 Å². The Balaban J connectivity index is 1.69. The Kier molecular flexibility index (Phi) is 6.07. The molecule has 1 unspecified atom stereocenters. The minimum absolute atomic E-state index is 0.00177. The second-order valence-corrected chi connectivity index (χ2v) is 5.34. The number of ether oxygens (including phenoxy) is 1. The quantitative estimate of drug-likeness (QED) is 0.761. The molecule has 118 valence electrons. The zero-order chi connectivity index (χ0) is 15.8. The summed E-state index contributed by atoms with van der Waals surface area (Å²) in [6.45, 7) is 5.02. The maximum absolute atomic E-state index is 12.0. The molecule has 0 spiro atoms. The first-order valence-corrected chi connectivity index (χ1v) is 7.82. The predicted octanol–water partition coefficient (Wildman–Crippen LogP) is 3.20.